The molecule has 0 radical (unpaired) electrons. The van der Waals surface area contributed by atoms with Crippen molar-refractivity contribution in [2.75, 3.05) is 39.4 Å². The Labute approximate surface area is 161 Å². The lowest BCUT2D eigenvalue weighted by molar-refractivity contribution is -0.135. The summed E-state index contributed by atoms with van der Waals surface area (Å²) in [5.74, 6) is 1.48. The monoisotopic (exact) mass is 368 g/mol. The van der Waals surface area contributed by atoms with E-state index in [0.717, 1.165) is 44.9 Å². The summed E-state index contributed by atoms with van der Waals surface area (Å²) in [5.41, 5.74) is 1.31. The smallest absolute Gasteiger partial charge is 0.260 e. The summed E-state index contributed by atoms with van der Waals surface area (Å²) in [4.78, 5) is 16.7. The van der Waals surface area contributed by atoms with Gasteiger partial charge in [0.2, 0.25) is 0 Å². The fraction of sp³-hybridized carbons (Fsp3) is 0.409. The molecule has 0 N–H and O–H groups in total. The zero-order chi connectivity index (χ0) is 18.9. The Hall–Kier alpha value is -2.53. The van der Waals surface area contributed by atoms with Crippen LogP contribution in [0.4, 0.5) is 0 Å². The average Bonchev–Trinajstić information content (AvgIpc) is 2.72. The van der Waals surface area contributed by atoms with Crippen LogP contribution >= 0.6 is 0 Å². The zero-order valence-corrected chi connectivity index (χ0v) is 16.0. The Morgan fingerprint density at radius 1 is 0.926 bits per heavy atom. The van der Waals surface area contributed by atoms with Crippen molar-refractivity contribution >= 4 is 5.91 Å². The number of piperazine rings is 1. The highest BCUT2D eigenvalue weighted by Gasteiger charge is 2.21. The first-order valence-corrected chi connectivity index (χ1v) is 9.64. The molecule has 1 amide bonds. The van der Waals surface area contributed by atoms with E-state index >= 15 is 0 Å². The second-order valence-corrected chi connectivity index (χ2v) is 6.75. The van der Waals surface area contributed by atoms with Gasteiger partial charge in [0.1, 0.15) is 11.5 Å². The molecular formula is C22H28N2O3. The minimum atomic E-state index is 0.0363. The van der Waals surface area contributed by atoms with Gasteiger partial charge in [0.25, 0.3) is 5.91 Å². The highest BCUT2D eigenvalue weighted by Crippen LogP contribution is 2.19. The first-order valence-electron chi connectivity index (χ1n) is 9.64. The number of amides is 1. The molecule has 2 aromatic rings. The van der Waals surface area contributed by atoms with Crippen LogP contribution in [-0.4, -0.2) is 55.1 Å². The second kappa shape index (κ2) is 9.97. The molecule has 0 unspecified atom stereocenters. The minimum absolute atomic E-state index is 0.0363. The van der Waals surface area contributed by atoms with Crippen molar-refractivity contribution < 1.29 is 14.3 Å². The van der Waals surface area contributed by atoms with Gasteiger partial charge in [-0.2, -0.15) is 0 Å². The summed E-state index contributed by atoms with van der Waals surface area (Å²) >= 11 is 0. The third-order valence-corrected chi connectivity index (χ3v) is 4.61. The topological polar surface area (TPSA) is 42.0 Å². The Morgan fingerprint density at radius 2 is 1.63 bits per heavy atom. The third-order valence-electron chi connectivity index (χ3n) is 4.61. The molecule has 2 aromatic carbocycles. The minimum Gasteiger partial charge on any atom is -0.493 e. The van der Waals surface area contributed by atoms with E-state index in [4.69, 9.17) is 9.47 Å². The first-order chi connectivity index (χ1) is 13.2. The van der Waals surface area contributed by atoms with Crippen LogP contribution in [-0.2, 0) is 11.3 Å². The molecule has 1 fully saturated rings. The molecule has 0 aliphatic carbocycles. The summed E-state index contributed by atoms with van der Waals surface area (Å²) in [6, 6.07) is 17.9. The molecule has 1 heterocycles. The molecule has 1 aliphatic heterocycles. The molecule has 0 spiro atoms. The number of rotatable bonds is 8. The van der Waals surface area contributed by atoms with Gasteiger partial charge in [-0.15, -0.1) is 0 Å². The van der Waals surface area contributed by atoms with E-state index in [1.165, 1.54) is 5.56 Å². The second-order valence-electron chi connectivity index (χ2n) is 6.75. The molecule has 0 aromatic heterocycles. The number of benzene rings is 2. The van der Waals surface area contributed by atoms with Crippen molar-refractivity contribution in [3.05, 3.63) is 60.2 Å². The van der Waals surface area contributed by atoms with Gasteiger partial charge in [-0.1, -0.05) is 43.3 Å². The molecule has 5 heteroatoms. The molecule has 144 valence electrons. The van der Waals surface area contributed by atoms with Gasteiger partial charge in [-0.25, -0.2) is 0 Å². The van der Waals surface area contributed by atoms with Gasteiger partial charge >= 0.3 is 0 Å². The highest BCUT2D eigenvalue weighted by molar-refractivity contribution is 5.77. The standard InChI is InChI=1S/C22H28N2O3/c1-2-15-26-20-9-6-10-21(16-20)27-18-22(25)24-13-11-23(12-14-24)17-19-7-4-3-5-8-19/h3-10,16H,2,11-15,17-18H2,1H3. The Morgan fingerprint density at radius 3 is 2.33 bits per heavy atom. The van der Waals surface area contributed by atoms with Crippen LogP contribution in [0.15, 0.2) is 54.6 Å². The van der Waals surface area contributed by atoms with Crippen LogP contribution in [0.1, 0.15) is 18.9 Å². The zero-order valence-electron chi connectivity index (χ0n) is 16.0. The predicted molar refractivity (Wildman–Crippen MR) is 106 cm³/mol. The summed E-state index contributed by atoms with van der Waals surface area (Å²) < 4.78 is 11.3. The molecular weight excluding hydrogens is 340 g/mol. The maximum absolute atomic E-state index is 12.4. The maximum Gasteiger partial charge on any atom is 0.260 e. The molecule has 0 saturated carbocycles. The number of ether oxygens (including phenoxy) is 2. The van der Waals surface area contributed by atoms with Crippen molar-refractivity contribution in [2.24, 2.45) is 0 Å². The fourth-order valence-corrected chi connectivity index (χ4v) is 3.11. The summed E-state index contributed by atoms with van der Waals surface area (Å²) in [6.45, 7) is 7.01. The van der Waals surface area contributed by atoms with E-state index < -0.39 is 0 Å². The lowest BCUT2D eigenvalue weighted by Crippen LogP contribution is -2.49. The van der Waals surface area contributed by atoms with Crippen LogP contribution in [0.5, 0.6) is 11.5 Å². The normalized spacial score (nSPS) is 14.8. The number of hydrogen-bond acceptors (Lipinski definition) is 4. The van der Waals surface area contributed by atoms with Crippen LogP contribution in [0, 0.1) is 0 Å². The number of carbonyl (C=O) groups is 1. The number of carbonyl (C=O) groups excluding carboxylic acids is 1. The van der Waals surface area contributed by atoms with Gasteiger partial charge in [-0.05, 0) is 24.1 Å². The quantitative estimate of drug-likeness (QED) is 0.718. The molecule has 1 aliphatic rings. The van der Waals surface area contributed by atoms with Gasteiger partial charge in [0.15, 0.2) is 6.61 Å². The predicted octanol–water partition coefficient (Wildman–Crippen LogP) is 3.20. The third kappa shape index (κ3) is 6.00. The molecule has 3 rings (SSSR count). The largest absolute Gasteiger partial charge is 0.493 e. The number of nitrogens with zero attached hydrogens (tertiary/aromatic N) is 2. The maximum atomic E-state index is 12.4. The average molecular weight is 368 g/mol. The summed E-state index contributed by atoms with van der Waals surface area (Å²) in [5, 5.41) is 0. The van der Waals surface area contributed by atoms with Crippen LogP contribution < -0.4 is 9.47 Å². The van der Waals surface area contributed by atoms with Gasteiger partial charge in [-0.3, -0.25) is 9.69 Å². The van der Waals surface area contributed by atoms with Gasteiger partial charge < -0.3 is 14.4 Å². The van der Waals surface area contributed by atoms with Gasteiger partial charge in [0, 0.05) is 38.8 Å². The van der Waals surface area contributed by atoms with E-state index in [9.17, 15) is 4.79 Å². The highest BCUT2D eigenvalue weighted by atomic mass is 16.5. The van der Waals surface area contributed by atoms with Crippen LogP contribution in [0.2, 0.25) is 0 Å². The lowest BCUT2D eigenvalue weighted by atomic mass is 10.2. The summed E-state index contributed by atoms with van der Waals surface area (Å²) in [7, 11) is 0. The Kier molecular flexibility index (Phi) is 7.11. The molecule has 0 bridgehead atoms. The van der Waals surface area contributed by atoms with Gasteiger partial charge in [0.05, 0.1) is 6.61 Å². The number of hydrogen-bond donors (Lipinski definition) is 0. The van der Waals surface area contributed by atoms with Crippen molar-refractivity contribution in [2.45, 2.75) is 19.9 Å². The van der Waals surface area contributed by atoms with Crippen LogP contribution in [0.25, 0.3) is 0 Å². The first kappa shape index (κ1) is 19.2. The Bertz CT molecular complexity index is 713. The van der Waals surface area contributed by atoms with Crippen molar-refractivity contribution in [1.82, 2.24) is 9.80 Å². The molecule has 5 nitrogen and oxygen atoms in total. The van der Waals surface area contributed by atoms with Crippen molar-refractivity contribution in [1.29, 1.82) is 0 Å². The SMILES string of the molecule is CCCOc1cccc(OCC(=O)N2CCN(Cc3ccccc3)CC2)c1. The van der Waals surface area contributed by atoms with E-state index in [1.807, 2.05) is 35.2 Å². The van der Waals surface area contributed by atoms with E-state index in [1.54, 1.807) is 0 Å². The fourth-order valence-electron chi connectivity index (χ4n) is 3.11. The van der Waals surface area contributed by atoms with E-state index in [2.05, 4.69) is 36.1 Å². The molecule has 1 saturated heterocycles. The summed E-state index contributed by atoms with van der Waals surface area (Å²) in [6.07, 6.45) is 0.958. The van der Waals surface area contributed by atoms with E-state index in [-0.39, 0.29) is 12.5 Å². The van der Waals surface area contributed by atoms with E-state index in [0.29, 0.717) is 12.4 Å². The van der Waals surface area contributed by atoms with Crippen molar-refractivity contribution in [3.8, 4) is 11.5 Å². The Balaban J connectivity index is 1.42. The molecule has 0 atom stereocenters. The van der Waals surface area contributed by atoms with Crippen LogP contribution in [0.3, 0.4) is 0 Å². The molecule has 27 heavy (non-hydrogen) atoms. The van der Waals surface area contributed by atoms with Crippen molar-refractivity contribution in [3.63, 3.8) is 0 Å². The lowest BCUT2D eigenvalue weighted by Gasteiger charge is -2.34.